The summed E-state index contributed by atoms with van der Waals surface area (Å²) in [6, 6.07) is 10.5. The number of anilines is 1. The van der Waals surface area contributed by atoms with Crippen LogP contribution in [0.4, 0.5) is 14.5 Å². The Labute approximate surface area is 221 Å². The second-order valence-corrected chi connectivity index (χ2v) is 10.8. The van der Waals surface area contributed by atoms with Gasteiger partial charge < -0.3 is 14.8 Å². The van der Waals surface area contributed by atoms with Crippen LogP contribution in [-0.2, 0) is 10.0 Å². The highest BCUT2D eigenvalue weighted by Gasteiger charge is 2.44. The van der Waals surface area contributed by atoms with Crippen LogP contribution in [0.25, 0.3) is 22.4 Å². The molecule has 3 heterocycles. The van der Waals surface area contributed by atoms with Gasteiger partial charge >= 0.3 is 0 Å². The molecule has 1 aliphatic rings. The fourth-order valence-corrected chi connectivity index (χ4v) is 5.63. The minimum atomic E-state index is -4.02. The van der Waals surface area contributed by atoms with Crippen LogP contribution in [0.3, 0.4) is 0 Å². The zero-order valence-electron chi connectivity index (χ0n) is 20.3. The fraction of sp³-hybridized carbons (Fsp3) is 0.292. The van der Waals surface area contributed by atoms with Gasteiger partial charge in [0.15, 0.2) is 17.6 Å². The highest BCUT2D eigenvalue weighted by atomic mass is 35.5. The van der Waals surface area contributed by atoms with Gasteiger partial charge in [0.2, 0.25) is 5.88 Å². The van der Waals surface area contributed by atoms with Crippen molar-refractivity contribution in [3.05, 3.63) is 53.2 Å². The maximum absolute atomic E-state index is 14.4. The second-order valence-electron chi connectivity index (χ2n) is 8.71. The molecule has 5 rings (SSSR count). The molecule has 2 aromatic heterocycles. The van der Waals surface area contributed by atoms with Gasteiger partial charge in [0.05, 0.1) is 18.7 Å². The monoisotopic (exact) mass is 564 g/mol. The predicted octanol–water partition coefficient (Wildman–Crippen LogP) is 4.17. The van der Waals surface area contributed by atoms with E-state index >= 15 is 0 Å². The average molecular weight is 565 g/mol. The Hall–Kier alpha value is -3.55. The summed E-state index contributed by atoms with van der Waals surface area (Å²) in [6.45, 7) is 1.63. The lowest BCUT2D eigenvalue weighted by atomic mass is 10.1. The number of nitrogens with zero attached hydrogens (tertiary/aromatic N) is 3. The number of halogens is 3. The van der Waals surface area contributed by atoms with Gasteiger partial charge in [-0.05, 0) is 49.9 Å². The number of alkyl halides is 2. The minimum absolute atomic E-state index is 0.000251. The number of aromatic nitrogens is 4. The van der Waals surface area contributed by atoms with E-state index in [1.54, 1.807) is 25.1 Å². The average Bonchev–Trinajstić information content (AvgIpc) is 3.26. The summed E-state index contributed by atoms with van der Waals surface area (Å²) < 4.78 is 68.0. The molecule has 1 fully saturated rings. The Bertz CT molecular complexity index is 1600. The van der Waals surface area contributed by atoms with Crippen molar-refractivity contribution < 1.29 is 26.7 Å². The molecule has 1 aliphatic heterocycles. The van der Waals surface area contributed by atoms with Crippen molar-refractivity contribution in [1.82, 2.24) is 25.5 Å². The molecular formula is C24H23ClF2N6O4S. The number of rotatable bonds is 7. The molecule has 38 heavy (non-hydrogen) atoms. The smallest absolute Gasteiger partial charge is 0.296 e. The SMILES string of the molecule is COc1ccc(Cl)c(S(=O)(=O)Nc2ccc(-c3nc(OC4CCNCC4(F)F)c4c(C)[nH]nc4n3)cc2)c1. The summed E-state index contributed by atoms with van der Waals surface area (Å²) in [5.41, 5.74) is 1.60. The van der Waals surface area contributed by atoms with Gasteiger partial charge in [-0.3, -0.25) is 9.82 Å². The van der Waals surface area contributed by atoms with Crippen molar-refractivity contribution >= 4 is 38.3 Å². The van der Waals surface area contributed by atoms with Crippen LogP contribution < -0.4 is 19.5 Å². The lowest BCUT2D eigenvalue weighted by molar-refractivity contribution is -0.109. The lowest BCUT2D eigenvalue weighted by Crippen LogP contribution is -2.52. The molecule has 1 atom stereocenters. The number of ether oxygens (including phenoxy) is 2. The molecule has 14 heteroatoms. The van der Waals surface area contributed by atoms with Crippen molar-refractivity contribution in [3.8, 4) is 23.0 Å². The van der Waals surface area contributed by atoms with Crippen molar-refractivity contribution in [3.63, 3.8) is 0 Å². The first-order chi connectivity index (χ1) is 18.1. The molecule has 0 saturated carbocycles. The van der Waals surface area contributed by atoms with E-state index in [1.807, 2.05) is 0 Å². The van der Waals surface area contributed by atoms with E-state index in [0.717, 1.165) is 0 Å². The van der Waals surface area contributed by atoms with E-state index in [-0.39, 0.29) is 39.4 Å². The van der Waals surface area contributed by atoms with Gasteiger partial charge in [-0.2, -0.15) is 10.1 Å². The largest absolute Gasteiger partial charge is 0.497 e. The van der Waals surface area contributed by atoms with E-state index in [2.05, 4.69) is 30.2 Å². The van der Waals surface area contributed by atoms with E-state index in [0.29, 0.717) is 28.9 Å². The number of methoxy groups -OCH3 is 1. The Morgan fingerprint density at radius 2 is 1.92 bits per heavy atom. The van der Waals surface area contributed by atoms with Crippen LogP contribution in [0.5, 0.6) is 11.6 Å². The van der Waals surface area contributed by atoms with Crippen LogP contribution in [0, 0.1) is 6.92 Å². The Kier molecular flexibility index (Phi) is 6.84. The molecule has 0 radical (unpaired) electrons. The first kappa shape index (κ1) is 26.1. The first-order valence-corrected chi connectivity index (χ1v) is 13.4. The lowest BCUT2D eigenvalue weighted by Gasteiger charge is -2.31. The third-order valence-electron chi connectivity index (χ3n) is 6.05. The van der Waals surface area contributed by atoms with Crippen LogP contribution in [-0.4, -0.2) is 60.8 Å². The minimum Gasteiger partial charge on any atom is -0.497 e. The molecule has 0 amide bonds. The molecule has 1 unspecified atom stereocenters. The van der Waals surface area contributed by atoms with Gasteiger partial charge in [0.25, 0.3) is 15.9 Å². The summed E-state index contributed by atoms with van der Waals surface area (Å²) in [6.07, 6.45) is -1.25. The summed E-state index contributed by atoms with van der Waals surface area (Å²) in [5, 5.41) is 10.1. The van der Waals surface area contributed by atoms with Crippen molar-refractivity contribution in [2.45, 2.75) is 30.3 Å². The summed E-state index contributed by atoms with van der Waals surface area (Å²) in [4.78, 5) is 8.73. The van der Waals surface area contributed by atoms with E-state index in [4.69, 9.17) is 21.1 Å². The third-order valence-corrected chi connectivity index (χ3v) is 7.92. The first-order valence-electron chi connectivity index (χ1n) is 11.5. The van der Waals surface area contributed by atoms with Gasteiger partial charge in [-0.25, -0.2) is 22.2 Å². The second kappa shape index (κ2) is 9.97. The highest BCUT2D eigenvalue weighted by molar-refractivity contribution is 7.92. The summed E-state index contributed by atoms with van der Waals surface area (Å²) in [7, 11) is -2.60. The molecule has 4 aromatic rings. The van der Waals surface area contributed by atoms with Gasteiger partial charge in [-0.1, -0.05) is 11.6 Å². The molecule has 0 spiro atoms. The molecular weight excluding hydrogens is 542 g/mol. The van der Waals surface area contributed by atoms with E-state index < -0.39 is 28.6 Å². The number of hydrogen-bond acceptors (Lipinski definition) is 8. The normalized spacial score (nSPS) is 17.3. The number of nitrogens with one attached hydrogen (secondary N) is 3. The molecule has 0 bridgehead atoms. The summed E-state index contributed by atoms with van der Waals surface area (Å²) in [5.74, 6) is -2.55. The Balaban J connectivity index is 1.44. The van der Waals surface area contributed by atoms with E-state index in [9.17, 15) is 17.2 Å². The topological polar surface area (TPSA) is 131 Å². The molecule has 3 N–H and O–H groups in total. The van der Waals surface area contributed by atoms with Crippen LogP contribution in [0.2, 0.25) is 5.02 Å². The number of aromatic amines is 1. The predicted molar refractivity (Wildman–Crippen MR) is 138 cm³/mol. The molecule has 0 aliphatic carbocycles. The zero-order chi connectivity index (χ0) is 27.1. The van der Waals surface area contributed by atoms with Crippen molar-refractivity contribution in [1.29, 1.82) is 0 Å². The maximum Gasteiger partial charge on any atom is 0.296 e. The van der Waals surface area contributed by atoms with Crippen LogP contribution >= 0.6 is 11.6 Å². The van der Waals surface area contributed by atoms with Gasteiger partial charge in [-0.15, -0.1) is 0 Å². The third kappa shape index (κ3) is 5.08. The quantitative estimate of drug-likeness (QED) is 0.305. The summed E-state index contributed by atoms with van der Waals surface area (Å²) >= 11 is 6.10. The highest BCUT2D eigenvalue weighted by Crippen LogP contribution is 2.33. The number of H-pyrrole nitrogens is 1. The number of fused-ring (bicyclic) bond motifs is 1. The molecule has 10 nitrogen and oxygen atoms in total. The Morgan fingerprint density at radius 1 is 1.16 bits per heavy atom. The van der Waals surface area contributed by atoms with Crippen LogP contribution in [0.1, 0.15) is 12.1 Å². The van der Waals surface area contributed by atoms with Crippen molar-refractivity contribution in [2.75, 3.05) is 24.9 Å². The van der Waals surface area contributed by atoms with Crippen molar-refractivity contribution in [2.24, 2.45) is 0 Å². The zero-order valence-corrected chi connectivity index (χ0v) is 21.8. The van der Waals surface area contributed by atoms with Crippen LogP contribution in [0.15, 0.2) is 47.4 Å². The number of aryl methyl sites for hydroxylation is 1. The molecule has 200 valence electrons. The maximum atomic E-state index is 14.4. The van der Waals surface area contributed by atoms with E-state index in [1.165, 1.54) is 31.4 Å². The molecule has 2 aromatic carbocycles. The Morgan fingerprint density at radius 3 is 2.63 bits per heavy atom. The molecule has 1 saturated heterocycles. The standard InChI is InChI=1S/C24H23ClF2N6O4S/c1-13-20-22(32-31-13)29-21(30-23(20)37-19-9-10-28-12-24(19,26)27)14-3-5-15(6-4-14)33-38(34,35)18-11-16(36-2)7-8-17(18)25/h3-8,11,19,28,33H,9-10,12H2,1-2H3,(H,29,30,31,32). The number of sulfonamides is 1. The number of hydrogen-bond donors (Lipinski definition) is 3. The fourth-order valence-electron chi connectivity index (χ4n) is 4.05. The van der Waals surface area contributed by atoms with Gasteiger partial charge in [0.1, 0.15) is 16.0 Å². The number of benzene rings is 2. The number of piperidine rings is 1. The van der Waals surface area contributed by atoms with Gasteiger partial charge in [0, 0.05) is 29.4 Å².